The summed E-state index contributed by atoms with van der Waals surface area (Å²) in [6.45, 7) is 0. The van der Waals surface area contributed by atoms with Crippen LogP contribution in [0.5, 0.6) is 11.5 Å². The highest BCUT2D eigenvalue weighted by atomic mass is 32.1. The lowest BCUT2D eigenvalue weighted by molar-refractivity contribution is -0.132. The van der Waals surface area contributed by atoms with E-state index in [4.69, 9.17) is 14.7 Å². The minimum absolute atomic E-state index is 0.0103. The molecule has 0 atom stereocenters. The summed E-state index contributed by atoms with van der Waals surface area (Å²) in [4.78, 5) is 32.3. The van der Waals surface area contributed by atoms with Gasteiger partial charge in [0.25, 0.3) is 0 Å². The van der Waals surface area contributed by atoms with Crippen LogP contribution in [0.2, 0.25) is 0 Å². The van der Waals surface area contributed by atoms with Crippen LogP contribution in [-0.4, -0.2) is 31.1 Å². The summed E-state index contributed by atoms with van der Waals surface area (Å²) in [5.41, 5.74) is 5.04. The van der Waals surface area contributed by atoms with Gasteiger partial charge >= 0.3 is 5.97 Å². The van der Waals surface area contributed by atoms with E-state index in [0.29, 0.717) is 10.4 Å². The second kappa shape index (κ2) is 12.4. The van der Waals surface area contributed by atoms with Crippen molar-refractivity contribution in [2.45, 2.75) is 0 Å². The highest BCUT2D eigenvalue weighted by Gasteiger charge is 2.32. The Morgan fingerprint density at radius 2 is 1.23 bits per heavy atom. The zero-order chi connectivity index (χ0) is 32.7. The molecule has 3 aromatic carbocycles. The number of nitriles is 1. The third kappa shape index (κ3) is 5.61. The summed E-state index contributed by atoms with van der Waals surface area (Å²) < 4.78 is 10.7. The molecule has 1 aliphatic carbocycles. The van der Waals surface area contributed by atoms with E-state index >= 15 is 0 Å². The Morgan fingerprint density at radius 3 is 1.74 bits per heavy atom. The molecule has 1 aliphatic rings. The predicted octanol–water partition coefficient (Wildman–Crippen LogP) is 9.90. The van der Waals surface area contributed by atoms with Crippen molar-refractivity contribution in [1.82, 2.24) is 0 Å². The average Bonchev–Trinajstić information content (AvgIpc) is 3.89. The number of hydrogen-bond acceptors (Lipinski definition) is 9. The number of hydrogen-bond donors (Lipinski definition) is 1. The number of carbonyl (C=O) groups excluding carboxylic acids is 1. The summed E-state index contributed by atoms with van der Waals surface area (Å²) in [6, 6.07) is 33.4. The van der Waals surface area contributed by atoms with Crippen LogP contribution < -0.4 is 14.4 Å². The quantitative estimate of drug-likeness (QED) is 0.120. The number of anilines is 3. The summed E-state index contributed by atoms with van der Waals surface area (Å²) in [5, 5.41) is 18.3. The number of methoxy groups -OCH3 is 2. The second-order valence-corrected chi connectivity index (χ2v) is 13.7. The van der Waals surface area contributed by atoms with Crippen LogP contribution in [0.25, 0.3) is 36.0 Å². The lowest BCUT2D eigenvalue weighted by Gasteiger charge is -2.26. The topological polar surface area (TPSA) is 99.9 Å². The standard InChI is InChI=1S/C37H24N2O5S3/c1-43-26-11-7-24(8-12-26)39(25-9-13-27(44-2)14-10-25)23-5-3-21(4-6-23)32-18-29-34(40)30-19-33(47-36(30)35(29)46-32)31-16-15-28(45-31)17-22(20-38)37(41)42/h3-19H,1-2H3,(H,41,42)/b22-17+. The molecule has 0 unspecified atom stereocenters. The van der Waals surface area contributed by atoms with Crippen LogP contribution in [-0.2, 0) is 4.79 Å². The minimum Gasteiger partial charge on any atom is -0.497 e. The third-order valence-corrected chi connectivity index (χ3v) is 11.4. The molecule has 0 radical (unpaired) electrons. The molecule has 0 aliphatic heterocycles. The maximum Gasteiger partial charge on any atom is 0.346 e. The predicted molar refractivity (Wildman–Crippen MR) is 189 cm³/mol. The van der Waals surface area contributed by atoms with Gasteiger partial charge < -0.3 is 19.5 Å². The molecule has 1 N–H and O–H groups in total. The van der Waals surface area contributed by atoms with Gasteiger partial charge in [0.1, 0.15) is 23.1 Å². The van der Waals surface area contributed by atoms with Crippen molar-refractivity contribution < 1.29 is 24.2 Å². The first-order valence-corrected chi connectivity index (χ1v) is 16.8. The maximum atomic E-state index is 13.5. The number of carboxylic acid groups (broad SMARTS) is 1. The number of nitrogens with zero attached hydrogens (tertiary/aromatic N) is 2. The maximum absolute atomic E-state index is 13.5. The fourth-order valence-electron chi connectivity index (χ4n) is 5.40. The van der Waals surface area contributed by atoms with E-state index in [0.717, 1.165) is 64.1 Å². The van der Waals surface area contributed by atoms with Gasteiger partial charge in [0.2, 0.25) is 0 Å². The first kappa shape index (κ1) is 30.2. The highest BCUT2D eigenvalue weighted by molar-refractivity contribution is 7.28. The molecular formula is C37H24N2O5S3. The van der Waals surface area contributed by atoms with E-state index < -0.39 is 5.97 Å². The first-order chi connectivity index (χ1) is 22.9. The van der Waals surface area contributed by atoms with Gasteiger partial charge in [0.05, 0.1) is 24.0 Å². The van der Waals surface area contributed by atoms with E-state index in [1.807, 2.05) is 66.7 Å². The van der Waals surface area contributed by atoms with E-state index in [9.17, 15) is 14.7 Å². The van der Waals surface area contributed by atoms with Crippen LogP contribution in [0.4, 0.5) is 17.1 Å². The lowest BCUT2D eigenvalue weighted by atomic mass is 10.1. The number of rotatable bonds is 9. The van der Waals surface area contributed by atoms with E-state index in [-0.39, 0.29) is 11.4 Å². The van der Waals surface area contributed by atoms with Crippen molar-refractivity contribution in [3.05, 3.63) is 119 Å². The summed E-state index contributed by atoms with van der Waals surface area (Å²) >= 11 is 4.55. The van der Waals surface area contributed by atoms with Gasteiger partial charge in [0.15, 0.2) is 5.78 Å². The zero-order valence-corrected chi connectivity index (χ0v) is 27.5. The van der Waals surface area contributed by atoms with Crippen molar-refractivity contribution >= 4 is 68.9 Å². The molecule has 47 heavy (non-hydrogen) atoms. The van der Waals surface area contributed by atoms with Crippen molar-refractivity contribution in [1.29, 1.82) is 5.26 Å². The molecule has 0 bridgehead atoms. The molecule has 0 saturated heterocycles. The summed E-state index contributed by atoms with van der Waals surface area (Å²) in [7, 11) is 3.30. The van der Waals surface area contributed by atoms with Crippen molar-refractivity contribution in [2.24, 2.45) is 0 Å². The molecule has 0 amide bonds. The number of ether oxygens (including phenoxy) is 2. The number of carbonyl (C=O) groups is 2. The van der Waals surface area contributed by atoms with E-state index in [1.54, 1.807) is 49.0 Å². The van der Waals surface area contributed by atoms with Crippen molar-refractivity contribution in [2.75, 3.05) is 19.1 Å². The number of aliphatic carboxylic acids is 1. The Balaban J connectivity index is 1.18. The van der Waals surface area contributed by atoms with Crippen LogP contribution in [0.3, 0.4) is 0 Å². The molecule has 0 fully saturated rings. The van der Waals surface area contributed by atoms with Gasteiger partial charge in [-0.05, 0) is 96.6 Å². The molecular weight excluding hydrogens is 649 g/mol. The fraction of sp³-hybridized carbons (Fsp3) is 0.0541. The van der Waals surface area contributed by atoms with Gasteiger partial charge in [-0.2, -0.15) is 5.26 Å². The number of benzene rings is 3. The second-order valence-electron chi connectivity index (χ2n) is 10.5. The molecule has 230 valence electrons. The molecule has 0 saturated carbocycles. The SMILES string of the molecule is COc1ccc(N(c2ccc(OC)cc2)c2ccc(-c3cc4c(s3)-c3sc(-c5ccc(/C=C(\C#N)C(=O)O)s5)cc3C4=O)cc2)cc1. The Bertz CT molecular complexity index is 2170. The molecule has 3 heterocycles. The molecule has 7 rings (SSSR count). The Labute approximate surface area is 282 Å². The summed E-state index contributed by atoms with van der Waals surface area (Å²) in [5.74, 6) is 0.311. The number of fused-ring (bicyclic) bond motifs is 3. The number of thiophene rings is 3. The third-order valence-electron chi connectivity index (χ3n) is 7.74. The molecule has 0 spiro atoms. The van der Waals surface area contributed by atoms with Gasteiger partial charge in [-0.3, -0.25) is 4.79 Å². The van der Waals surface area contributed by atoms with Crippen LogP contribution in [0.1, 0.15) is 20.8 Å². The van der Waals surface area contributed by atoms with Gasteiger partial charge in [0, 0.05) is 47.7 Å². The molecule has 6 aromatic rings. The Kier molecular flexibility index (Phi) is 7.95. The zero-order valence-electron chi connectivity index (χ0n) is 25.0. The van der Waals surface area contributed by atoms with Crippen LogP contribution in [0.15, 0.2) is 103 Å². The fourth-order valence-corrected chi connectivity index (χ4v) is 8.90. The minimum atomic E-state index is -1.26. The first-order valence-electron chi connectivity index (χ1n) is 14.3. The van der Waals surface area contributed by atoms with Crippen molar-refractivity contribution in [3.63, 3.8) is 0 Å². The molecule has 3 aromatic heterocycles. The Hall–Kier alpha value is -5.47. The normalized spacial score (nSPS) is 11.9. The molecule has 7 nitrogen and oxygen atoms in total. The van der Waals surface area contributed by atoms with Crippen molar-refractivity contribution in [3.8, 4) is 47.5 Å². The largest absolute Gasteiger partial charge is 0.497 e. The van der Waals surface area contributed by atoms with Gasteiger partial charge in [-0.15, -0.1) is 34.0 Å². The van der Waals surface area contributed by atoms with Gasteiger partial charge in [-0.25, -0.2) is 4.79 Å². The lowest BCUT2D eigenvalue weighted by Crippen LogP contribution is -2.09. The Morgan fingerprint density at radius 1 is 0.723 bits per heavy atom. The van der Waals surface area contributed by atoms with E-state index in [2.05, 4.69) is 29.2 Å². The number of carboxylic acids is 1. The smallest absolute Gasteiger partial charge is 0.346 e. The highest BCUT2D eigenvalue weighted by Crippen LogP contribution is 2.51. The summed E-state index contributed by atoms with van der Waals surface area (Å²) in [6.07, 6.45) is 1.37. The van der Waals surface area contributed by atoms with Gasteiger partial charge in [-0.1, -0.05) is 12.1 Å². The van der Waals surface area contributed by atoms with Crippen LogP contribution in [0, 0.1) is 11.3 Å². The average molecular weight is 673 g/mol. The van der Waals surface area contributed by atoms with E-state index in [1.165, 1.54) is 17.4 Å². The monoisotopic (exact) mass is 672 g/mol. The molecule has 10 heteroatoms. The number of ketones is 1. The van der Waals surface area contributed by atoms with Crippen LogP contribution >= 0.6 is 34.0 Å².